The van der Waals surface area contributed by atoms with Gasteiger partial charge in [0.1, 0.15) is 11.7 Å². The number of hydrogen-bond donors (Lipinski definition) is 2. The van der Waals surface area contributed by atoms with E-state index in [0.717, 1.165) is 33.0 Å². The summed E-state index contributed by atoms with van der Waals surface area (Å²) in [4.78, 5) is 0. The lowest BCUT2D eigenvalue weighted by molar-refractivity contribution is -0.0703. The van der Waals surface area contributed by atoms with Crippen molar-refractivity contribution in [3.05, 3.63) is 71.8 Å². The average molecular weight is 276 g/mol. The second-order valence-corrected chi connectivity index (χ2v) is 5.88. The van der Waals surface area contributed by atoms with Gasteiger partial charge in [0.25, 0.3) is 0 Å². The summed E-state index contributed by atoms with van der Waals surface area (Å²) in [7, 11) is 0. The second kappa shape index (κ2) is 4.17. The van der Waals surface area contributed by atoms with Crippen molar-refractivity contribution >= 4 is 10.8 Å². The van der Waals surface area contributed by atoms with Gasteiger partial charge < -0.3 is 10.2 Å². The van der Waals surface area contributed by atoms with Gasteiger partial charge in [0.05, 0.1) is 0 Å². The number of rotatable bonds is 0. The Bertz CT molecular complexity index is 849. The predicted octanol–water partition coefficient (Wildman–Crippen LogP) is 3.76. The fraction of sp³-hybridized carbons (Fsp3) is 0.158. The van der Waals surface area contributed by atoms with Gasteiger partial charge >= 0.3 is 0 Å². The zero-order valence-corrected chi connectivity index (χ0v) is 11.7. The average Bonchev–Trinajstić information content (AvgIpc) is 2.52. The van der Waals surface area contributed by atoms with E-state index in [0.29, 0.717) is 0 Å². The molecule has 0 spiro atoms. The van der Waals surface area contributed by atoms with Gasteiger partial charge in [-0.1, -0.05) is 48.5 Å². The number of fused-ring (bicyclic) bond motifs is 4. The highest BCUT2D eigenvalue weighted by atomic mass is 16.3. The minimum Gasteiger partial charge on any atom is -0.385 e. The molecule has 1 aliphatic rings. The molecule has 0 fully saturated rings. The van der Waals surface area contributed by atoms with E-state index >= 15 is 0 Å². The highest BCUT2D eigenvalue weighted by Crippen LogP contribution is 2.48. The first-order valence-electron chi connectivity index (χ1n) is 7.12. The van der Waals surface area contributed by atoms with Crippen molar-refractivity contribution in [3.8, 4) is 11.1 Å². The molecule has 0 aromatic heterocycles. The van der Waals surface area contributed by atoms with Crippen LogP contribution in [0.2, 0.25) is 0 Å². The Hall–Kier alpha value is -2.16. The molecule has 0 bridgehead atoms. The fourth-order valence-corrected chi connectivity index (χ4v) is 3.31. The van der Waals surface area contributed by atoms with Crippen LogP contribution in [0.1, 0.15) is 24.2 Å². The minimum atomic E-state index is -1.28. The van der Waals surface area contributed by atoms with Crippen LogP contribution in [0, 0.1) is 0 Å². The molecule has 2 N–H and O–H groups in total. The highest BCUT2D eigenvalue weighted by molar-refractivity contribution is 5.91. The van der Waals surface area contributed by atoms with Crippen LogP contribution in [0.15, 0.2) is 60.7 Å². The van der Waals surface area contributed by atoms with Crippen LogP contribution in [0.3, 0.4) is 0 Å². The summed E-state index contributed by atoms with van der Waals surface area (Å²) < 4.78 is 0. The maximum Gasteiger partial charge on any atom is 0.117 e. The maximum atomic E-state index is 10.9. The number of hydrogen-bond acceptors (Lipinski definition) is 2. The van der Waals surface area contributed by atoms with E-state index in [1.165, 1.54) is 0 Å². The number of benzene rings is 3. The zero-order valence-electron chi connectivity index (χ0n) is 11.7. The topological polar surface area (TPSA) is 40.5 Å². The first-order chi connectivity index (χ1) is 10.1. The SMILES string of the molecule is C[C@@]1(O)c2cc3ccccc3cc2-c2ccccc2[C@@H]1O. The lowest BCUT2D eigenvalue weighted by Crippen LogP contribution is -2.33. The molecular weight excluding hydrogens is 260 g/mol. The Balaban J connectivity index is 2.13. The molecule has 0 saturated carbocycles. The van der Waals surface area contributed by atoms with Gasteiger partial charge in [-0.2, -0.15) is 0 Å². The lowest BCUT2D eigenvalue weighted by Gasteiger charge is -2.37. The van der Waals surface area contributed by atoms with E-state index < -0.39 is 11.7 Å². The summed E-state index contributed by atoms with van der Waals surface area (Å²) in [6.07, 6.45) is -0.914. The summed E-state index contributed by atoms with van der Waals surface area (Å²) in [5.74, 6) is 0. The van der Waals surface area contributed by atoms with E-state index in [9.17, 15) is 10.2 Å². The lowest BCUT2D eigenvalue weighted by atomic mass is 9.74. The molecule has 0 saturated heterocycles. The van der Waals surface area contributed by atoms with Gasteiger partial charge in [-0.05, 0) is 52.1 Å². The molecule has 1 aliphatic carbocycles. The van der Waals surface area contributed by atoms with Gasteiger partial charge in [0.15, 0.2) is 0 Å². The summed E-state index contributed by atoms with van der Waals surface area (Å²) in [6.45, 7) is 1.68. The number of aliphatic hydroxyl groups excluding tert-OH is 1. The van der Waals surface area contributed by atoms with Gasteiger partial charge in [0, 0.05) is 0 Å². The first kappa shape index (κ1) is 12.6. The molecule has 104 valence electrons. The smallest absolute Gasteiger partial charge is 0.117 e. The van der Waals surface area contributed by atoms with Gasteiger partial charge in [0.2, 0.25) is 0 Å². The van der Waals surface area contributed by atoms with Crippen LogP contribution < -0.4 is 0 Å². The third-order valence-electron chi connectivity index (χ3n) is 4.51. The standard InChI is InChI=1S/C19H16O2/c1-19(21)17-11-13-7-3-2-6-12(13)10-16(17)14-8-4-5-9-15(14)18(19)20/h2-11,18,20-21H,1H3/t18-,19+/m0/s1. The Morgan fingerprint density at radius 2 is 1.48 bits per heavy atom. The summed E-state index contributed by atoms with van der Waals surface area (Å²) in [5.41, 5.74) is 2.28. The largest absolute Gasteiger partial charge is 0.385 e. The van der Waals surface area contributed by atoms with Crippen LogP contribution in [0.4, 0.5) is 0 Å². The van der Waals surface area contributed by atoms with Gasteiger partial charge in [-0.25, -0.2) is 0 Å². The molecule has 0 unspecified atom stereocenters. The quantitative estimate of drug-likeness (QED) is 0.656. The first-order valence-corrected chi connectivity index (χ1v) is 7.12. The van der Waals surface area contributed by atoms with Crippen LogP contribution in [-0.2, 0) is 5.60 Å². The van der Waals surface area contributed by atoms with Gasteiger partial charge in [-0.15, -0.1) is 0 Å². The van der Waals surface area contributed by atoms with Crippen molar-refractivity contribution in [2.24, 2.45) is 0 Å². The molecule has 3 aromatic carbocycles. The molecule has 0 heterocycles. The molecule has 3 aromatic rings. The fourth-order valence-electron chi connectivity index (χ4n) is 3.31. The molecule has 4 rings (SSSR count). The summed E-state index contributed by atoms with van der Waals surface area (Å²) >= 11 is 0. The van der Waals surface area contributed by atoms with E-state index in [2.05, 4.69) is 12.1 Å². The van der Waals surface area contributed by atoms with Crippen molar-refractivity contribution in [3.63, 3.8) is 0 Å². The van der Waals surface area contributed by atoms with E-state index in [1.54, 1.807) is 6.92 Å². The Kier molecular flexibility index (Phi) is 2.49. The molecule has 2 nitrogen and oxygen atoms in total. The monoisotopic (exact) mass is 276 g/mol. The summed E-state index contributed by atoms with van der Waals surface area (Å²) in [5, 5.41) is 23.6. The Morgan fingerprint density at radius 1 is 0.857 bits per heavy atom. The van der Waals surface area contributed by atoms with E-state index in [4.69, 9.17) is 0 Å². The van der Waals surface area contributed by atoms with Crippen molar-refractivity contribution in [1.82, 2.24) is 0 Å². The van der Waals surface area contributed by atoms with Crippen molar-refractivity contribution in [2.75, 3.05) is 0 Å². The molecule has 0 amide bonds. The Labute approximate surface area is 123 Å². The van der Waals surface area contributed by atoms with Crippen molar-refractivity contribution < 1.29 is 10.2 Å². The molecule has 21 heavy (non-hydrogen) atoms. The molecule has 0 aliphatic heterocycles. The normalized spacial score (nSPS) is 23.7. The van der Waals surface area contributed by atoms with Crippen LogP contribution in [-0.4, -0.2) is 10.2 Å². The molecule has 0 radical (unpaired) electrons. The van der Waals surface area contributed by atoms with E-state index in [1.807, 2.05) is 48.5 Å². The third kappa shape index (κ3) is 1.67. The second-order valence-electron chi connectivity index (χ2n) is 5.88. The van der Waals surface area contributed by atoms with Crippen LogP contribution in [0.25, 0.3) is 21.9 Å². The summed E-state index contributed by atoms with van der Waals surface area (Å²) in [6, 6.07) is 19.9. The van der Waals surface area contributed by atoms with Crippen LogP contribution in [0.5, 0.6) is 0 Å². The van der Waals surface area contributed by atoms with Crippen LogP contribution >= 0.6 is 0 Å². The predicted molar refractivity (Wildman–Crippen MR) is 83.9 cm³/mol. The highest BCUT2D eigenvalue weighted by Gasteiger charge is 2.40. The molecule has 2 heteroatoms. The third-order valence-corrected chi connectivity index (χ3v) is 4.51. The molecule has 2 atom stereocenters. The van der Waals surface area contributed by atoms with Gasteiger partial charge in [-0.3, -0.25) is 0 Å². The maximum absolute atomic E-state index is 10.9. The number of aliphatic hydroxyl groups is 2. The zero-order chi connectivity index (χ0) is 14.6. The minimum absolute atomic E-state index is 0.783. The van der Waals surface area contributed by atoms with Crippen molar-refractivity contribution in [1.29, 1.82) is 0 Å². The van der Waals surface area contributed by atoms with E-state index in [-0.39, 0.29) is 0 Å². The van der Waals surface area contributed by atoms with Crippen molar-refractivity contribution in [2.45, 2.75) is 18.6 Å². The molecular formula is C19H16O2. The Morgan fingerprint density at radius 3 is 2.24 bits per heavy atom.